The maximum Gasteiger partial charge on any atom is 0.161 e. The molecule has 0 spiro atoms. The molecule has 0 atom stereocenters. The summed E-state index contributed by atoms with van der Waals surface area (Å²) >= 11 is 0. The van der Waals surface area contributed by atoms with Crippen LogP contribution in [0.3, 0.4) is 0 Å². The van der Waals surface area contributed by atoms with Crippen molar-refractivity contribution in [2.45, 2.75) is 6.61 Å². The summed E-state index contributed by atoms with van der Waals surface area (Å²) in [6, 6.07) is 5.32. The van der Waals surface area contributed by atoms with Gasteiger partial charge in [0, 0.05) is 0 Å². The van der Waals surface area contributed by atoms with E-state index in [1.807, 2.05) is 0 Å². The number of fused-ring (bicyclic) bond motifs is 1. The van der Waals surface area contributed by atoms with Gasteiger partial charge >= 0.3 is 0 Å². The van der Waals surface area contributed by atoms with E-state index in [1.54, 1.807) is 18.2 Å². The minimum atomic E-state index is -0.0970. The molecule has 0 saturated heterocycles. The maximum absolute atomic E-state index is 9.51. The molecule has 1 aliphatic heterocycles. The van der Waals surface area contributed by atoms with Gasteiger partial charge in [-0.05, 0) is 17.7 Å². The Morgan fingerprint density at radius 2 is 0.542 bits per heavy atom. The predicted octanol–water partition coefficient (Wildman–Crippen LogP) is 1.15. The third-order valence-electron chi connectivity index (χ3n) is 6.25. The second-order valence-electron chi connectivity index (χ2n) is 9.98. The lowest BCUT2D eigenvalue weighted by Gasteiger charge is -2.14. The van der Waals surface area contributed by atoms with Crippen LogP contribution in [0.2, 0.25) is 0 Å². The third-order valence-corrected chi connectivity index (χ3v) is 6.25. The molecule has 0 aliphatic carbocycles. The van der Waals surface area contributed by atoms with Crippen molar-refractivity contribution in [3.63, 3.8) is 0 Å². The quantitative estimate of drug-likeness (QED) is 0.448. The second kappa shape index (κ2) is 33.8. The van der Waals surface area contributed by atoms with Crippen molar-refractivity contribution in [3.8, 4) is 11.5 Å². The highest BCUT2D eigenvalue weighted by Crippen LogP contribution is 2.28. The Morgan fingerprint density at radius 3 is 0.792 bits per heavy atom. The Bertz CT molecular complexity index is 819. The molecule has 15 nitrogen and oxygen atoms in total. The van der Waals surface area contributed by atoms with Gasteiger partial charge in [0.2, 0.25) is 0 Å². The van der Waals surface area contributed by atoms with Gasteiger partial charge in [-0.25, -0.2) is 0 Å². The highest BCUT2D eigenvalue weighted by molar-refractivity contribution is 5.42. The molecule has 0 saturated carbocycles. The largest absolute Gasteiger partial charge is 0.487 e. The number of aliphatic hydroxyl groups excluding tert-OH is 1. The minimum Gasteiger partial charge on any atom is -0.487 e. The van der Waals surface area contributed by atoms with Crippen molar-refractivity contribution in [2.24, 2.45) is 0 Å². The number of ether oxygens (including phenoxy) is 14. The zero-order valence-corrected chi connectivity index (χ0v) is 28.5. The first kappa shape index (κ1) is 42.5. The molecule has 15 heteroatoms. The van der Waals surface area contributed by atoms with Crippen molar-refractivity contribution in [1.82, 2.24) is 0 Å². The summed E-state index contributed by atoms with van der Waals surface area (Å²) in [6.07, 6.45) is 0. The summed E-state index contributed by atoms with van der Waals surface area (Å²) in [5, 5.41) is 9.51. The van der Waals surface area contributed by atoms with E-state index in [0.29, 0.717) is 183 Å². The minimum absolute atomic E-state index is 0.0970. The van der Waals surface area contributed by atoms with Gasteiger partial charge in [-0.3, -0.25) is 0 Å². The van der Waals surface area contributed by atoms with Gasteiger partial charge in [0.15, 0.2) is 11.5 Å². The van der Waals surface area contributed by atoms with Crippen LogP contribution in [0.5, 0.6) is 11.5 Å². The van der Waals surface area contributed by atoms with Crippen LogP contribution in [-0.2, 0) is 63.4 Å². The molecule has 1 N–H and O–H groups in total. The van der Waals surface area contributed by atoms with Crippen LogP contribution in [0.1, 0.15) is 5.56 Å². The molecule has 0 amide bonds. The lowest BCUT2D eigenvalue weighted by molar-refractivity contribution is -0.0288. The Hall–Kier alpha value is -1.70. The third kappa shape index (κ3) is 26.2. The number of hydrogen-bond acceptors (Lipinski definition) is 15. The molecule has 1 heterocycles. The standard InChI is InChI=1S/C33H58O15/c34-30-31-1-2-32-33(29-31)48-28-26-46-24-22-44-20-18-42-16-14-40-12-10-38-8-6-36-4-3-35-5-7-37-9-11-39-13-15-41-17-19-43-21-23-45-25-27-47-32/h1-2,29,34H,3-28,30H2. The van der Waals surface area contributed by atoms with Crippen molar-refractivity contribution < 1.29 is 71.4 Å². The van der Waals surface area contributed by atoms with Gasteiger partial charge in [0.25, 0.3) is 0 Å². The highest BCUT2D eigenvalue weighted by Gasteiger charge is 2.07. The number of rotatable bonds is 1. The van der Waals surface area contributed by atoms with Crippen LogP contribution in [0.4, 0.5) is 0 Å². The van der Waals surface area contributed by atoms with Gasteiger partial charge in [-0.1, -0.05) is 6.07 Å². The van der Waals surface area contributed by atoms with E-state index in [1.165, 1.54) is 0 Å². The van der Waals surface area contributed by atoms with Crippen LogP contribution in [0, 0.1) is 0 Å². The molecule has 0 aromatic heterocycles. The van der Waals surface area contributed by atoms with Gasteiger partial charge in [0.05, 0.1) is 165 Å². The normalized spacial score (nSPS) is 21.6. The monoisotopic (exact) mass is 694 g/mol. The van der Waals surface area contributed by atoms with Crippen LogP contribution in [-0.4, -0.2) is 177 Å². The Balaban J connectivity index is 1.59. The van der Waals surface area contributed by atoms with Crippen LogP contribution in [0.25, 0.3) is 0 Å². The molecule has 0 bridgehead atoms. The molecule has 0 radical (unpaired) electrons. The number of hydrogen-bond donors (Lipinski definition) is 1. The summed E-state index contributed by atoms with van der Waals surface area (Å²) in [4.78, 5) is 0. The molecule has 1 aliphatic rings. The molecular formula is C33H58O15. The molecule has 2 rings (SSSR count). The molecule has 1 aromatic carbocycles. The Labute approximate surface area is 285 Å². The average Bonchev–Trinajstić information content (AvgIpc) is 3.10. The van der Waals surface area contributed by atoms with E-state index >= 15 is 0 Å². The smallest absolute Gasteiger partial charge is 0.161 e. The molecule has 48 heavy (non-hydrogen) atoms. The van der Waals surface area contributed by atoms with E-state index in [9.17, 15) is 5.11 Å². The summed E-state index contributed by atoms with van der Waals surface area (Å²) in [6.45, 7) is 12.0. The predicted molar refractivity (Wildman–Crippen MR) is 173 cm³/mol. The van der Waals surface area contributed by atoms with Crippen LogP contribution < -0.4 is 9.47 Å². The molecule has 1 aromatic rings. The first-order valence-electron chi connectivity index (χ1n) is 16.8. The maximum atomic E-state index is 9.51. The number of benzene rings is 1. The van der Waals surface area contributed by atoms with E-state index in [0.717, 1.165) is 5.56 Å². The fourth-order valence-corrected chi connectivity index (χ4v) is 3.83. The van der Waals surface area contributed by atoms with Crippen molar-refractivity contribution in [2.75, 3.05) is 172 Å². The second-order valence-corrected chi connectivity index (χ2v) is 9.98. The van der Waals surface area contributed by atoms with E-state index in [2.05, 4.69) is 0 Å². The topological polar surface area (TPSA) is 149 Å². The molecular weight excluding hydrogens is 636 g/mol. The SMILES string of the molecule is OCc1ccc2c(c1)OCCOCCOCCOCCOCCOCCOCCOCCOCCOCCOCCOCCOCCO2. The molecule has 0 unspecified atom stereocenters. The molecule has 0 fully saturated rings. The summed E-state index contributed by atoms with van der Waals surface area (Å²) < 4.78 is 77.9. The first-order chi connectivity index (χ1) is 23.9. The van der Waals surface area contributed by atoms with Crippen molar-refractivity contribution >= 4 is 0 Å². The van der Waals surface area contributed by atoms with Gasteiger partial charge in [-0.15, -0.1) is 0 Å². The Morgan fingerprint density at radius 1 is 0.312 bits per heavy atom. The van der Waals surface area contributed by atoms with E-state index in [4.69, 9.17) is 66.3 Å². The average molecular weight is 695 g/mol. The van der Waals surface area contributed by atoms with Gasteiger partial charge in [-0.2, -0.15) is 0 Å². The fourth-order valence-electron chi connectivity index (χ4n) is 3.83. The summed E-state index contributed by atoms with van der Waals surface area (Å²) in [7, 11) is 0. The Kier molecular flexibility index (Phi) is 29.9. The van der Waals surface area contributed by atoms with Crippen LogP contribution in [0.15, 0.2) is 18.2 Å². The first-order valence-corrected chi connectivity index (χ1v) is 16.8. The van der Waals surface area contributed by atoms with Gasteiger partial charge in [0.1, 0.15) is 13.2 Å². The summed E-state index contributed by atoms with van der Waals surface area (Å²) in [5.41, 5.74) is 0.725. The summed E-state index contributed by atoms with van der Waals surface area (Å²) in [5.74, 6) is 1.10. The van der Waals surface area contributed by atoms with E-state index in [-0.39, 0.29) is 6.61 Å². The zero-order chi connectivity index (χ0) is 33.8. The number of aliphatic hydroxyl groups is 1. The fraction of sp³-hybridized carbons (Fsp3) is 0.818. The lowest BCUT2D eigenvalue weighted by atomic mass is 10.2. The zero-order valence-electron chi connectivity index (χ0n) is 28.5. The highest BCUT2D eigenvalue weighted by atomic mass is 16.6. The van der Waals surface area contributed by atoms with E-state index < -0.39 is 0 Å². The van der Waals surface area contributed by atoms with Crippen molar-refractivity contribution in [1.29, 1.82) is 0 Å². The molecule has 280 valence electrons. The van der Waals surface area contributed by atoms with Crippen molar-refractivity contribution in [3.05, 3.63) is 23.8 Å². The van der Waals surface area contributed by atoms with Gasteiger partial charge < -0.3 is 71.4 Å². The van der Waals surface area contributed by atoms with Crippen LogP contribution >= 0.6 is 0 Å². The lowest BCUT2D eigenvalue weighted by Crippen LogP contribution is -2.16.